The zero-order valence-electron chi connectivity index (χ0n) is 11.9. The molecule has 2 rings (SSSR count). The molecule has 0 aliphatic heterocycles. The third-order valence-corrected chi connectivity index (χ3v) is 3.58. The summed E-state index contributed by atoms with van der Waals surface area (Å²) in [5, 5.41) is 8.22. The average molecular weight is 395 g/mol. The molecule has 0 unspecified atom stereocenters. The van der Waals surface area contributed by atoms with Crippen molar-refractivity contribution in [2.75, 3.05) is 0 Å². The van der Waals surface area contributed by atoms with Crippen molar-refractivity contribution in [1.29, 1.82) is 0 Å². The van der Waals surface area contributed by atoms with Crippen molar-refractivity contribution in [3.05, 3.63) is 66.4 Å². The summed E-state index contributed by atoms with van der Waals surface area (Å²) in [7, 11) is 0. The SMILES string of the molecule is O=C(O)/C(Cl)=C/c1cc(-n2c(=O)cc(C(F)(F)F)[nH]c2=O)ccc1Cl. The number of nitrogens with one attached hydrogen (secondary N) is 1. The first-order valence-electron chi connectivity index (χ1n) is 6.34. The first-order chi connectivity index (χ1) is 11.5. The number of rotatable bonds is 3. The number of aromatic nitrogens is 2. The number of aliphatic carboxylic acids is 1. The second kappa shape index (κ2) is 6.77. The molecular formula is C14H7Cl2F3N2O4. The number of carboxylic acid groups (broad SMARTS) is 1. The largest absolute Gasteiger partial charge is 0.477 e. The summed E-state index contributed by atoms with van der Waals surface area (Å²) < 4.78 is 38.3. The molecule has 0 aliphatic rings. The van der Waals surface area contributed by atoms with E-state index in [0.29, 0.717) is 4.57 Å². The van der Waals surface area contributed by atoms with Gasteiger partial charge in [0.1, 0.15) is 10.7 Å². The van der Waals surface area contributed by atoms with Crippen molar-refractivity contribution in [2.24, 2.45) is 0 Å². The summed E-state index contributed by atoms with van der Waals surface area (Å²) in [4.78, 5) is 36.1. The van der Waals surface area contributed by atoms with Crippen LogP contribution in [0.4, 0.5) is 13.2 Å². The van der Waals surface area contributed by atoms with Gasteiger partial charge in [-0.15, -0.1) is 0 Å². The predicted octanol–water partition coefficient (Wildman–Crippen LogP) is 2.86. The fraction of sp³-hybridized carbons (Fsp3) is 0.0714. The van der Waals surface area contributed by atoms with Crippen molar-refractivity contribution in [3.8, 4) is 5.69 Å². The van der Waals surface area contributed by atoms with Crippen LogP contribution in [0, 0.1) is 0 Å². The minimum atomic E-state index is -4.89. The van der Waals surface area contributed by atoms with Gasteiger partial charge in [-0.2, -0.15) is 13.2 Å². The van der Waals surface area contributed by atoms with Crippen LogP contribution in [-0.2, 0) is 11.0 Å². The highest BCUT2D eigenvalue weighted by molar-refractivity contribution is 6.43. The Balaban J connectivity index is 2.65. The molecule has 0 aliphatic carbocycles. The van der Waals surface area contributed by atoms with E-state index in [-0.39, 0.29) is 22.3 Å². The van der Waals surface area contributed by atoms with Crippen LogP contribution in [0.3, 0.4) is 0 Å². The average Bonchev–Trinajstić information content (AvgIpc) is 2.48. The number of hydrogen-bond donors (Lipinski definition) is 2. The monoisotopic (exact) mass is 394 g/mol. The number of halogens is 5. The summed E-state index contributed by atoms with van der Waals surface area (Å²) in [6.45, 7) is 0. The van der Waals surface area contributed by atoms with E-state index in [1.54, 1.807) is 4.98 Å². The third-order valence-electron chi connectivity index (χ3n) is 2.96. The van der Waals surface area contributed by atoms with Crippen LogP contribution < -0.4 is 11.2 Å². The van der Waals surface area contributed by atoms with E-state index < -0.39 is 34.1 Å². The number of carboxylic acids is 1. The molecule has 0 spiro atoms. The maximum absolute atomic E-state index is 12.6. The van der Waals surface area contributed by atoms with Crippen molar-refractivity contribution >= 4 is 35.2 Å². The molecule has 1 aromatic heterocycles. The van der Waals surface area contributed by atoms with Gasteiger partial charge in [-0.1, -0.05) is 23.2 Å². The highest BCUT2D eigenvalue weighted by Gasteiger charge is 2.33. The van der Waals surface area contributed by atoms with Crippen LogP contribution >= 0.6 is 23.2 Å². The normalized spacial score (nSPS) is 12.3. The molecule has 11 heteroatoms. The van der Waals surface area contributed by atoms with Crippen LogP contribution in [0.5, 0.6) is 0 Å². The molecule has 1 heterocycles. The summed E-state index contributed by atoms with van der Waals surface area (Å²) in [6, 6.07) is 3.81. The molecule has 0 saturated carbocycles. The summed E-state index contributed by atoms with van der Waals surface area (Å²) >= 11 is 11.4. The standard InChI is InChI=1S/C14H7Cl2F3N2O4/c15-8-2-1-7(3-6(8)4-9(16)12(23)24)21-11(22)5-10(14(17,18)19)20-13(21)25/h1-5H,(H,20,25)(H,23,24)/b9-4-. The van der Waals surface area contributed by atoms with Gasteiger partial charge in [0.2, 0.25) is 0 Å². The van der Waals surface area contributed by atoms with Crippen LogP contribution in [-0.4, -0.2) is 20.6 Å². The number of benzene rings is 1. The number of alkyl halides is 3. The quantitative estimate of drug-likeness (QED) is 0.782. The van der Waals surface area contributed by atoms with Gasteiger partial charge in [-0.25, -0.2) is 14.2 Å². The van der Waals surface area contributed by atoms with Crippen molar-refractivity contribution in [3.63, 3.8) is 0 Å². The van der Waals surface area contributed by atoms with Crippen LogP contribution in [0.15, 0.2) is 38.9 Å². The molecule has 0 radical (unpaired) electrons. The molecule has 6 nitrogen and oxygen atoms in total. The Morgan fingerprint density at radius 3 is 2.40 bits per heavy atom. The summed E-state index contributed by atoms with van der Waals surface area (Å²) in [6.07, 6.45) is -3.92. The van der Waals surface area contributed by atoms with Gasteiger partial charge < -0.3 is 10.1 Å². The van der Waals surface area contributed by atoms with E-state index >= 15 is 0 Å². The fourth-order valence-corrected chi connectivity index (χ4v) is 2.16. The van der Waals surface area contributed by atoms with Gasteiger partial charge in [-0.3, -0.25) is 4.79 Å². The Bertz CT molecular complexity index is 962. The molecule has 25 heavy (non-hydrogen) atoms. The van der Waals surface area contributed by atoms with Gasteiger partial charge in [0.15, 0.2) is 0 Å². The van der Waals surface area contributed by atoms with Crippen molar-refractivity contribution < 1.29 is 23.1 Å². The number of hydrogen-bond acceptors (Lipinski definition) is 3. The van der Waals surface area contributed by atoms with Gasteiger partial charge >= 0.3 is 17.8 Å². The van der Waals surface area contributed by atoms with Gasteiger partial charge in [0.25, 0.3) is 5.56 Å². The molecule has 0 amide bonds. The van der Waals surface area contributed by atoms with Gasteiger partial charge in [0.05, 0.1) is 5.69 Å². The van der Waals surface area contributed by atoms with E-state index in [1.165, 1.54) is 12.1 Å². The van der Waals surface area contributed by atoms with Crippen LogP contribution in [0.1, 0.15) is 11.3 Å². The minimum Gasteiger partial charge on any atom is -0.477 e. The lowest BCUT2D eigenvalue weighted by molar-refractivity contribution is -0.141. The minimum absolute atomic E-state index is 0.0535. The molecule has 0 fully saturated rings. The van der Waals surface area contributed by atoms with E-state index in [0.717, 1.165) is 12.1 Å². The van der Waals surface area contributed by atoms with Crippen LogP contribution in [0.2, 0.25) is 5.02 Å². The molecular weight excluding hydrogens is 388 g/mol. The zero-order valence-corrected chi connectivity index (χ0v) is 13.4. The van der Waals surface area contributed by atoms with E-state index in [4.69, 9.17) is 28.3 Å². The maximum atomic E-state index is 12.6. The second-order valence-corrected chi connectivity index (χ2v) is 5.48. The van der Waals surface area contributed by atoms with E-state index in [1.807, 2.05) is 0 Å². The molecule has 132 valence electrons. The number of aromatic amines is 1. The lowest BCUT2D eigenvalue weighted by atomic mass is 10.1. The Morgan fingerprint density at radius 1 is 1.24 bits per heavy atom. The molecule has 2 aromatic rings. The number of H-pyrrole nitrogens is 1. The molecule has 1 aromatic carbocycles. The molecule has 0 bridgehead atoms. The Kier molecular flexibility index (Phi) is 5.09. The van der Waals surface area contributed by atoms with Crippen LogP contribution in [0.25, 0.3) is 11.8 Å². The molecule has 0 saturated heterocycles. The van der Waals surface area contributed by atoms with Gasteiger partial charge in [0, 0.05) is 11.1 Å². The Labute approximate surface area is 146 Å². The Morgan fingerprint density at radius 2 is 1.88 bits per heavy atom. The van der Waals surface area contributed by atoms with E-state index in [2.05, 4.69) is 0 Å². The Hall–Kier alpha value is -2.52. The summed E-state index contributed by atoms with van der Waals surface area (Å²) in [5.41, 5.74) is -4.09. The first kappa shape index (κ1) is 18.8. The third kappa shape index (κ3) is 4.12. The van der Waals surface area contributed by atoms with Crippen molar-refractivity contribution in [1.82, 2.24) is 9.55 Å². The second-order valence-electron chi connectivity index (χ2n) is 4.66. The highest BCUT2D eigenvalue weighted by atomic mass is 35.5. The topological polar surface area (TPSA) is 92.2 Å². The highest BCUT2D eigenvalue weighted by Crippen LogP contribution is 2.26. The lowest BCUT2D eigenvalue weighted by Crippen LogP contribution is -2.35. The predicted molar refractivity (Wildman–Crippen MR) is 84.1 cm³/mol. The zero-order chi connectivity index (χ0) is 18.9. The maximum Gasteiger partial charge on any atom is 0.431 e. The molecule has 0 atom stereocenters. The smallest absolute Gasteiger partial charge is 0.431 e. The van der Waals surface area contributed by atoms with Crippen molar-refractivity contribution in [2.45, 2.75) is 6.18 Å². The molecule has 2 N–H and O–H groups in total. The number of nitrogens with zero attached hydrogens (tertiary/aromatic N) is 1. The van der Waals surface area contributed by atoms with Gasteiger partial charge in [-0.05, 0) is 29.8 Å². The van der Waals surface area contributed by atoms with E-state index in [9.17, 15) is 27.6 Å². The fourth-order valence-electron chi connectivity index (χ4n) is 1.87. The first-order valence-corrected chi connectivity index (χ1v) is 7.10. The summed E-state index contributed by atoms with van der Waals surface area (Å²) in [5.74, 6) is -1.44. The lowest BCUT2D eigenvalue weighted by Gasteiger charge is -2.10. The number of carbonyl (C=O) groups is 1.